The van der Waals surface area contributed by atoms with Gasteiger partial charge in [0.1, 0.15) is 17.7 Å². The fraction of sp³-hybridized carbons (Fsp3) is 0.500. The molecule has 0 amide bonds. The third-order valence-corrected chi connectivity index (χ3v) is 2.42. The second-order valence-corrected chi connectivity index (χ2v) is 3.90. The zero-order valence-corrected chi connectivity index (χ0v) is 9.93. The lowest BCUT2D eigenvalue weighted by Crippen LogP contribution is -2.26. The highest BCUT2D eigenvalue weighted by molar-refractivity contribution is 5.31. The molecule has 18 heavy (non-hydrogen) atoms. The van der Waals surface area contributed by atoms with Crippen LogP contribution in [-0.4, -0.2) is 12.6 Å². The quantitative estimate of drug-likeness (QED) is 0.829. The van der Waals surface area contributed by atoms with Gasteiger partial charge in [-0.3, -0.25) is 0 Å². The topological polar surface area (TPSA) is 35.2 Å². The van der Waals surface area contributed by atoms with E-state index in [4.69, 9.17) is 10.5 Å². The van der Waals surface area contributed by atoms with Crippen LogP contribution in [0.4, 0.5) is 17.6 Å². The Morgan fingerprint density at radius 2 is 2.00 bits per heavy atom. The van der Waals surface area contributed by atoms with Crippen LogP contribution < -0.4 is 10.5 Å². The average molecular weight is 265 g/mol. The standard InChI is InChI=1S/C12H15F4NO/c1-2-3-9(7-17)18-8-4-5-11(13)10(6-8)12(14,15)16/h4-6,9H,2-3,7,17H2,1H3. The summed E-state index contributed by atoms with van der Waals surface area (Å²) in [5, 5.41) is 0. The minimum absolute atomic E-state index is 0.0207. The molecular weight excluding hydrogens is 250 g/mol. The van der Waals surface area contributed by atoms with Gasteiger partial charge in [0.25, 0.3) is 0 Å². The zero-order chi connectivity index (χ0) is 13.8. The molecule has 0 saturated heterocycles. The third kappa shape index (κ3) is 3.87. The Morgan fingerprint density at radius 3 is 2.50 bits per heavy atom. The number of hydrogen-bond acceptors (Lipinski definition) is 2. The third-order valence-electron chi connectivity index (χ3n) is 2.42. The van der Waals surface area contributed by atoms with Crippen molar-refractivity contribution in [1.29, 1.82) is 0 Å². The molecule has 1 aromatic rings. The van der Waals surface area contributed by atoms with Crippen LogP contribution in [0.3, 0.4) is 0 Å². The smallest absolute Gasteiger partial charge is 0.419 e. The van der Waals surface area contributed by atoms with E-state index < -0.39 is 17.6 Å². The maximum Gasteiger partial charge on any atom is 0.419 e. The highest BCUT2D eigenvalue weighted by atomic mass is 19.4. The minimum atomic E-state index is -4.73. The van der Waals surface area contributed by atoms with Crippen LogP contribution in [-0.2, 0) is 6.18 Å². The second-order valence-electron chi connectivity index (χ2n) is 3.90. The predicted molar refractivity (Wildman–Crippen MR) is 59.8 cm³/mol. The van der Waals surface area contributed by atoms with E-state index in [9.17, 15) is 17.6 Å². The molecule has 0 saturated carbocycles. The zero-order valence-electron chi connectivity index (χ0n) is 9.93. The van der Waals surface area contributed by atoms with Crippen molar-refractivity contribution >= 4 is 0 Å². The summed E-state index contributed by atoms with van der Waals surface area (Å²) < 4.78 is 55.8. The first kappa shape index (κ1) is 14.8. The van der Waals surface area contributed by atoms with Gasteiger partial charge in [-0.2, -0.15) is 13.2 Å². The van der Waals surface area contributed by atoms with Gasteiger partial charge in [-0.15, -0.1) is 0 Å². The van der Waals surface area contributed by atoms with Gasteiger partial charge in [0.15, 0.2) is 0 Å². The van der Waals surface area contributed by atoms with Crippen molar-refractivity contribution in [3.8, 4) is 5.75 Å². The van der Waals surface area contributed by atoms with E-state index >= 15 is 0 Å². The number of ether oxygens (including phenoxy) is 1. The van der Waals surface area contributed by atoms with Crippen LogP contribution in [0.25, 0.3) is 0 Å². The van der Waals surface area contributed by atoms with Crippen molar-refractivity contribution in [3.05, 3.63) is 29.6 Å². The Kier molecular flexibility index (Phi) is 4.95. The van der Waals surface area contributed by atoms with Gasteiger partial charge in [-0.05, 0) is 24.6 Å². The molecule has 1 rings (SSSR count). The first-order valence-electron chi connectivity index (χ1n) is 5.62. The first-order chi connectivity index (χ1) is 8.38. The summed E-state index contributed by atoms with van der Waals surface area (Å²) in [4.78, 5) is 0. The molecule has 0 aliphatic rings. The number of benzene rings is 1. The Labute approximate surface area is 103 Å². The van der Waals surface area contributed by atoms with E-state index in [2.05, 4.69) is 0 Å². The highest BCUT2D eigenvalue weighted by Gasteiger charge is 2.34. The molecular formula is C12H15F4NO. The monoisotopic (exact) mass is 265 g/mol. The van der Waals surface area contributed by atoms with E-state index in [0.717, 1.165) is 12.5 Å². The largest absolute Gasteiger partial charge is 0.489 e. The molecule has 1 atom stereocenters. The summed E-state index contributed by atoms with van der Waals surface area (Å²) in [6.07, 6.45) is -3.65. The van der Waals surface area contributed by atoms with Crippen molar-refractivity contribution in [2.45, 2.75) is 32.0 Å². The number of rotatable bonds is 5. The maximum atomic E-state index is 13.0. The molecule has 0 bridgehead atoms. The van der Waals surface area contributed by atoms with Crippen molar-refractivity contribution in [2.24, 2.45) is 5.73 Å². The molecule has 0 aliphatic carbocycles. The maximum absolute atomic E-state index is 13.0. The predicted octanol–water partition coefficient (Wildman–Crippen LogP) is 3.35. The van der Waals surface area contributed by atoms with Gasteiger partial charge in [-0.25, -0.2) is 4.39 Å². The molecule has 0 spiro atoms. The molecule has 6 heteroatoms. The van der Waals surface area contributed by atoms with Crippen LogP contribution in [0.2, 0.25) is 0 Å². The minimum Gasteiger partial charge on any atom is -0.489 e. The van der Waals surface area contributed by atoms with Crippen molar-refractivity contribution in [3.63, 3.8) is 0 Å². The Balaban J connectivity index is 2.91. The average Bonchev–Trinajstić information content (AvgIpc) is 2.29. The van der Waals surface area contributed by atoms with Gasteiger partial charge < -0.3 is 10.5 Å². The Bertz CT molecular complexity index is 392. The van der Waals surface area contributed by atoms with Gasteiger partial charge in [0.05, 0.1) is 5.56 Å². The summed E-state index contributed by atoms with van der Waals surface area (Å²) in [6.45, 7) is 2.12. The highest BCUT2D eigenvalue weighted by Crippen LogP contribution is 2.33. The summed E-state index contributed by atoms with van der Waals surface area (Å²) in [5.41, 5.74) is 4.11. The van der Waals surface area contributed by atoms with Crippen LogP contribution in [0, 0.1) is 5.82 Å². The normalized spacial score (nSPS) is 13.4. The molecule has 1 aromatic carbocycles. The lowest BCUT2D eigenvalue weighted by atomic mass is 10.2. The second kappa shape index (κ2) is 6.04. The molecule has 0 heterocycles. The van der Waals surface area contributed by atoms with E-state index in [-0.39, 0.29) is 18.4 Å². The van der Waals surface area contributed by atoms with Crippen LogP contribution in [0.5, 0.6) is 5.75 Å². The fourth-order valence-corrected chi connectivity index (χ4v) is 1.53. The Morgan fingerprint density at radius 1 is 1.33 bits per heavy atom. The van der Waals surface area contributed by atoms with Gasteiger partial charge in [0, 0.05) is 6.54 Å². The first-order valence-corrected chi connectivity index (χ1v) is 5.62. The van der Waals surface area contributed by atoms with Gasteiger partial charge in [0.2, 0.25) is 0 Å². The molecule has 2 nitrogen and oxygen atoms in total. The van der Waals surface area contributed by atoms with E-state index in [0.29, 0.717) is 12.5 Å². The lowest BCUT2D eigenvalue weighted by molar-refractivity contribution is -0.140. The van der Waals surface area contributed by atoms with E-state index in [1.165, 1.54) is 6.07 Å². The number of hydrogen-bond donors (Lipinski definition) is 1. The van der Waals surface area contributed by atoms with Crippen molar-refractivity contribution in [2.75, 3.05) is 6.54 Å². The molecule has 102 valence electrons. The molecule has 0 aromatic heterocycles. The lowest BCUT2D eigenvalue weighted by Gasteiger charge is -2.18. The number of alkyl halides is 3. The molecule has 0 aliphatic heterocycles. The van der Waals surface area contributed by atoms with E-state index in [1.807, 2.05) is 6.92 Å². The molecule has 1 unspecified atom stereocenters. The molecule has 0 fully saturated rings. The Hall–Kier alpha value is -1.30. The van der Waals surface area contributed by atoms with Crippen molar-refractivity contribution < 1.29 is 22.3 Å². The summed E-state index contributed by atoms with van der Waals surface area (Å²) >= 11 is 0. The fourth-order valence-electron chi connectivity index (χ4n) is 1.53. The van der Waals surface area contributed by atoms with E-state index in [1.54, 1.807) is 0 Å². The SMILES string of the molecule is CCCC(CN)Oc1ccc(F)c(C(F)(F)F)c1. The molecule has 0 radical (unpaired) electrons. The molecule has 2 N–H and O–H groups in total. The van der Waals surface area contributed by atoms with Crippen LogP contribution >= 0.6 is 0 Å². The number of nitrogens with two attached hydrogens (primary N) is 1. The van der Waals surface area contributed by atoms with Crippen molar-refractivity contribution in [1.82, 2.24) is 0 Å². The van der Waals surface area contributed by atoms with Crippen LogP contribution in [0.15, 0.2) is 18.2 Å². The van der Waals surface area contributed by atoms with Gasteiger partial charge in [-0.1, -0.05) is 13.3 Å². The van der Waals surface area contributed by atoms with Gasteiger partial charge >= 0.3 is 6.18 Å². The number of halogens is 4. The summed E-state index contributed by atoms with van der Waals surface area (Å²) in [5.74, 6) is -1.33. The summed E-state index contributed by atoms with van der Waals surface area (Å²) in [7, 11) is 0. The van der Waals surface area contributed by atoms with Crippen LogP contribution in [0.1, 0.15) is 25.3 Å². The summed E-state index contributed by atoms with van der Waals surface area (Å²) in [6, 6.07) is 2.58.